The maximum absolute atomic E-state index is 12.7. The highest BCUT2D eigenvalue weighted by Gasteiger charge is 2.26. The van der Waals surface area contributed by atoms with Gasteiger partial charge < -0.3 is 10.6 Å². The van der Waals surface area contributed by atoms with Gasteiger partial charge in [-0.2, -0.15) is 0 Å². The molecule has 8 heteroatoms. The van der Waals surface area contributed by atoms with Gasteiger partial charge in [0, 0.05) is 49.0 Å². The Balaban J connectivity index is 1.30. The zero-order valence-corrected chi connectivity index (χ0v) is 16.7. The summed E-state index contributed by atoms with van der Waals surface area (Å²) in [6.07, 6.45) is 5.96. The molecule has 1 unspecified atom stereocenters. The van der Waals surface area contributed by atoms with E-state index in [0.717, 1.165) is 69.7 Å². The van der Waals surface area contributed by atoms with Crippen molar-refractivity contribution >= 4 is 17.2 Å². The predicted molar refractivity (Wildman–Crippen MR) is 106 cm³/mol. The highest BCUT2D eigenvalue weighted by Crippen LogP contribution is 2.25. The minimum Gasteiger partial charge on any atom is -0.338 e. The molecule has 0 bridgehead atoms. The average molecular weight is 389 g/mol. The maximum Gasteiger partial charge on any atom is 0.254 e. The Labute approximate surface area is 164 Å². The lowest BCUT2D eigenvalue weighted by molar-refractivity contribution is 0.0689. The van der Waals surface area contributed by atoms with Gasteiger partial charge in [-0.15, -0.1) is 16.4 Å². The van der Waals surface area contributed by atoms with Crippen LogP contribution in [0.3, 0.4) is 0 Å². The molecule has 0 saturated carbocycles. The van der Waals surface area contributed by atoms with Crippen LogP contribution in [0.2, 0.25) is 0 Å². The van der Waals surface area contributed by atoms with E-state index >= 15 is 0 Å². The molecule has 4 heterocycles. The van der Waals surface area contributed by atoms with E-state index in [1.54, 1.807) is 11.3 Å². The smallest absolute Gasteiger partial charge is 0.254 e. The van der Waals surface area contributed by atoms with E-state index in [4.69, 9.17) is 5.73 Å². The number of amides is 1. The van der Waals surface area contributed by atoms with Gasteiger partial charge in [0.15, 0.2) is 0 Å². The molecule has 2 fully saturated rings. The van der Waals surface area contributed by atoms with Crippen molar-refractivity contribution in [1.29, 1.82) is 0 Å². The highest BCUT2D eigenvalue weighted by molar-refractivity contribution is 7.10. The molecule has 2 N–H and O–H groups in total. The van der Waals surface area contributed by atoms with Crippen LogP contribution >= 0.6 is 11.3 Å². The molecule has 0 spiro atoms. The molecule has 1 amide bonds. The van der Waals surface area contributed by atoms with Crippen LogP contribution in [0.1, 0.15) is 53.2 Å². The van der Waals surface area contributed by atoms with Gasteiger partial charge in [0.1, 0.15) is 0 Å². The summed E-state index contributed by atoms with van der Waals surface area (Å²) in [6.45, 7) is 6.47. The summed E-state index contributed by atoms with van der Waals surface area (Å²) in [5, 5.41) is 10.7. The second-order valence-electron chi connectivity index (χ2n) is 7.65. The van der Waals surface area contributed by atoms with Crippen LogP contribution < -0.4 is 5.73 Å². The number of nitrogens with zero attached hydrogens (tertiary/aromatic N) is 5. The Morgan fingerprint density at radius 2 is 2.11 bits per heavy atom. The minimum absolute atomic E-state index is 0.161. The normalized spacial score (nSPS) is 21.9. The van der Waals surface area contributed by atoms with Gasteiger partial charge in [-0.25, -0.2) is 4.68 Å². The van der Waals surface area contributed by atoms with Crippen molar-refractivity contribution in [2.75, 3.05) is 26.2 Å². The van der Waals surface area contributed by atoms with Gasteiger partial charge in [0.05, 0.1) is 23.5 Å². The molecule has 0 aromatic carbocycles. The fourth-order valence-corrected chi connectivity index (χ4v) is 4.80. The van der Waals surface area contributed by atoms with Gasteiger partial charge in [-0.3, -0.25) is 9.69 Å². The topological polar surface area (TPSA) is 80.3 Å². The number of hydrogen-bond donors (Lipinski definition) is 1. The van der Waals surface area contributed by atoms with Crippen LogP contribution in [-0.2, 0) is 13.0 Å². The zero-order chi connectivity index (χ0) is 18.8. The lowest BCUT2D eigenvalue weighted by Gasteiger charge is -2.31. The number of hydrogen-bond acceptors (Lipinski definition) is 6. The number of aromatic nitrogens is 3. The number of rotatable bonds is 5. The summed E-state index contributed by atoms with van der Waals surface area (Å²) < 4.78 is 1.99. The van der Waals surface area contributed by atoms with E-state index in [2.05, 4.69) is 28.3 Å². The van der Waals surface area contributed by atoms with Crippen LogP contribution in [-0.4, -0.2) is 62.9 Å². The largest absolute Gasteiger partial charge is 0.338 e. The quantitative estimate of drug-likeness (QED) is 0.846. The van der Waals surface area contributed by atoms with E-state index in [-0.39, 0.29) is 5.91 Å². The Morgan fingerprint density at radius 3 is 2.78 bits per heavy atom. The predicted octanol–water partition coefficient (Wildman–Crippen LogP) is 1.91. The van der Waals surface area contributed by atoms with Crippen LogP contribution in [0.25, 0.3) is 0 Å². The first-order valence-corrected chi connectivity index (χ1v) is 10.8. The summed E-state index contributed by atoms with van der Waals surface area (Å²) in [7, 11) is 0. The van der Waals surface area contributed by atoms with Gasteiger partial charge in [-0.05, 0) is 31.7 Å². The van der Waals surface area contributed by atoms with E-state index in [0.29, 0.717) is 12.1 Å². The average Bonchev–Trinajstić information content (AvgIpc) is 3.43. The van der Waals surface area contributed by atoms with Crippen LogP contribution in [0.5, 0.6) is 0 Å². The Kier molecular flexibility index (Phi) is 5.56. The summed E-state index contributed by atoms with van der Waals surface area (Å²) in [5.41, 5.74) is 7.82. The Hall–Kier alpha value is -1.77. The number of carbonyl (C=O) groups excluding carboxylic acids is 1. The third-order valence-corrected chi connectivity index (χ3v) is 6.71. The van der Waals surface area contributed by atoms with E-state index in [1.807, 2.05) is 21.0 Å². The first-order chi connectivity index (χ1) is 13.1. The number of thiophene rings is 1. The van der Waals surface area contributed by atoms with Gasteiger partial charge in [-0.1, -0.05) is 12.1 Å². The number of likely N-dealkylation sites (tertiary alicyclic amines) is 2. The third kappa shape index (κ3) is 4.23. The van der Waals surface area contributed by atoms with Crippen molar-refractivity contribution in [3.05, 3.63) is 33.8 Å². The van der Waals surface area contributed by atoms with Crippen LogP contribution in [0.4, 0.5) is 0 Å². The number of aryl methyl sites for hydroxylation is 1. The first-order valence-electron chi connectivity index (χ1n) is 9.87. The summed E-state index contributed by atoms with van der Waals surface area (Å²) in [4.78, 5) is 18.3. The maximum atomic E-state index is 12.7. The summed E-state index contributed by atoms with van der Waals surface area (Å²) >= 11 is 1.67. The molecule has 2 aromatic heterocycles. The molecular weight excluding hydrogens is 360 g/mol. The summed E-state index contributed by atoms with van der Waals surface area (Å²) in [5.74, 6) is 0.161. The monoisotopic (exact) mass is 388 g/mol. The summed E-state index contributed by atoms with van der Waals surface area (Å²) in [6, 6.07) is 2.65. The van der Waals surface area contributed by atoms with Gasteiger partial charge >= 0.3 is 0 Å². The molecule has 0 aliphatic carbocycles. The highest BCUT2D eigenvalue weighted by atomic mass is 32.1. The molecule has 2 aliphatic heterocycles. The molecule has 146 valence electrons. The lowest BCUT2D eigenvalue weighted by atomic mass is 10.0. The minimum atomic E-state index is 0.161. The third-order valence-electron chi connectivity index (χ3n) is 5.63. The van der Waals surface area contributed by atoms with Crippen LogP contribution in [0, 0.1) is 0 Å². The Bertz CT molecular complexity index is 779. The van der Waals surface area contributed by atoms with Gasteiger partial charge in [0.2, 0.25) is 0 Å². The molecule has 7 nitrogen and oxygen atoms in total. The van der Waals surface area contributed by atoms with Crippen molar-refractivity contribution in [3.63, 3.8) is 0 Å². The Morgan fingerprint density at radius 1 is 1.30 bits per heavy atom. The van der Waals surface area contributed by atoms with Crippen molar-refractivity contribution in [2.24, 2.45) is 5.73 Å². The number of piperidine rings is 1. The molecule has 27 heavy (non-hydrogen) atoms. The molecular formula is C19H28N6OS. The fraction of sp³-hybridized carbons (Fsp3) is 0.632. The standard InChI is InChI=1S/C19H28N6OS/c1-2-18-9-14(13-27-18)19(26)24-7-4-17(5-8-24)25-12-16(21-22-25)11-23-6-3-15(20)10-23/h9,12-13,15,17H,2-8,10-11,20H2,1H3. The first kappa shape index (κ1) is 18.6. The molecule has 2 saturated heterocycles. The second-order valence-corrected chi connectivity index (χ2v) is 8.65. The van der Waals surface area contributed by atoms with Crippen molar-refractivity contribution in [3.8, 4) is 0 Å². The van der Waals surface area contributed by atoms with E-state index in [9.17, 15) is 4.79 Å². The number of carbonyl (C=O) groups is 1. The molecule has 1 atom stereocenters. The van der Waals surface area contributed by atoms with E-state index in [1.165, 1.54) is 4.88 Å². The molecule has 0 radical (unpaired) electrons. The molecule has 4 rings (SSSR count). The fourth-order valence-electron chi connectivity index (χ4n) is 3.99. The van der Waals surface area contributed by atoms with Crippen molar-refractivity contribution in [2.45, 2.75) is 51.2 Å². The number of nitrogens with two attached hydrogens (primary N) is 1. The van der Waals surface area contributed by atoms with Crippen LogP contribution in [0.15, 0.2) is 17.6 Å². The van der Waals surface area contributed by atoms with E-state index < -0.39 is 0 Å². The second kappa shape index (κ2) is 8.08. The van der Waals surface area contributed by atoms with Crippen molar-refractivity contribution in [1.82, 2.24) is 24.8 Å². The van der Waals surface area contributed by atoms with Gasteiger partial charge in [0.25, 0.3) is 5.91 Å². The van der Waals surface area contributed by atoms with Crippen molar-refractivity contribution < 1.29 is 4.79 Å². The SMILES string of the molecule is CCc1cc(C(=O)N2CCC(n3cc(CN4CCC(N)C4)nn3)CC2)cs1. The zero-order valence-electron chi connectivity index (χ0n) is 15.9. The molecule has 2 aliphatic rings. The molecule has 2 aromatic rings. The lowest BCUT2D eigenvalue weighted by Crippen LogP contribution is -2.39.